The Bertz CT molecular complexity index is 666. The number of rotatable bonds is 10. The topological polar surface area (TPSA) is 24.5 Å². The second-order valence-electron chi connectivity index (χ2n) is 5.84. The van der Waals surface area contributed by atoms with Gasteiger partial charge in [0.1, 0.15) is 12.4 Å². The molecular formula is C20H28Cl4N2O. The Morgan fingerprint density at radius 3 is 2.33 bits per heavy atom. The Balaban J connectivity index is 0.00000338. The predicted octanol–water partition coefficient (Wildman–Crippen LogP) is 5.85. The van der Waals surface area contributed by atoms with Gasteiger partial charge in [0.25, 0.3) is 0 Å². The van der Waals surface area contributed by atoms with Crippen molar-refractivity contribution in [3.8, 4) is 5.75 Å². The van der Waals surface area contributed by atoms with Gasteiger partial charge in [-0.3, -0.25) is 0 Å². The average Bonchev–Trinajstić information content (AvgIpc) is 2.62. The fraction of sp³-hybridized carbons (Fsp3) is 0.400. The van der Waals surface area contributed by atoms with Crippen LogP contribution in [0.25, 0.3) is 0 Å². The van der Waals surface area contributed by atoms with Crippen LogP contribution in [0.2, 0.25) is 10.0 Å². The number of likely N-dealkylation sites (N-methyl/N-ethyl adjacent to an activating group) is 1. The van der Waals surface area contributed by atoms with E-state index >= 15 is 0 Å². The molecule has 152 valence electrons. The summed E-state index contributed by atoms with van der Waals surface area (Å²) in [5.41, 5.74) is 2.07. The van der Waals surface area contributed by atoms with E-state index in [-0.39, 0.29) is 24.8 Å². The van der Waals surface area contributed by atoms with Crippen LogP contribution < -0.4 is 10.1 Å². The molecule has 0 unspecified atom stereocenters. The van der Waals surface area contributed by atoms with Crippen LogP contribution >= 0.6 is 48.0 Å². The van der Waals surface area contributed by atoms with Gasteiger partial charge in [0.2, 0.25) is 0 Å². The number of hydrogen-bond acceptors (Lipinski definition) is 3. The summed E-state index contributed by atoms with van der Waals surface area (Å²) in [6.07, 6.45) is 0. The van der Waals surface area contributed by atoms with Crippen molar-refractivity contribution in [2.24, 2.45) is 0 Å². The minimum absolute atomic E-state index is 0. The Morgan fingerprint density at radius 1 is 0.963 bits per heavy atom. The maximum atomic E-state index is 6.21. The molecule has 1 N–H and O–H groups in total. The Kier molecular flexibility index (Phi) is 14.0. The normalized spacial score (nSPS) is 10.3. The lowest BCUT2D eigenvalue weighted by Gasteiger charge is -2.18. The Hall–Kier alpha value is -0.680. The van der Waals surface area contributed by atoms with Crippen LogP contribution in [0.15, 0.2) is 42.5 Å². The van der Waals surface area contributed by atoms with Crippen LogP contribution in [-0.2, 0) is 13.2 Å². The second kappa shape index (κ2) is 14.3. The third-order valence-electron chi connectivity index (χ3n) is 4.19. The fourth-order valence-electron chi connectivity index (χ4n) is 2.58. The van der Waals surface area contributed by atoms with Gasteiger partial charge in [-0.25, -0.2) is 0 Å². The highest BCUT2D eigenvalue weighted by atomic mass is 35.5. The summed E-state index contributed by atoms with van der Waals surface area (Å²) in [5, 5.41) is 4.75. The standard InChI is InChI=1S/C20H26Cl2N2O.2ClH/c1-3-24(4-2)12-11-23-14-16-7-5-6-8-20(16)25-15-17-9-10-18(21)13-19(17)22;;/h5-10,13,23H,3-4,11-12,14-15H2,1-2H3;2*1H. The van der Waals surface area contributed by atoms with E-state index in [4.69, 9.17) is 27.9 Å². The summed E-state index contributed by atoms with van der Waals surface area (Å²) in [5.74, 6) is 0.879. The molecule has 27 heavy (non-hydrogen) atoms. The van der Waals surface area contributed by atoms with Crippen LogP contribution in [0.4, 0.5) is 0 Å². The van der Waals surface area contributed by atoms with Crippen molar-refractivity contribution in [3.63, 3.8) is 0 Å². The molecule has 0 heterocycles. The van der Waals surface area contributed by atoms with Crippen molar-refractivity contribution in [3.05, 3.63) is 63.6 Å². The number of hydrogen-bond donors (Lipinski definition) is 1. The second-order valence-corrected chi connectivity index (χ2v) is 6.68. The molecular weight excluding hydrogens is 426 g/mol. The maximum Gasteiger partial charge on any atom is 0.124 e. The van der Waals surface area contributed by atoms with Gasteiger partial charge in [-0.05, 0) is 31.3 Å². The fourth-order valence-corrected chi connectivity index (χ4v) is 3.05. The zero-order valence-electron chi connectivity index (χ0n) is 15.7. The molecule has 0 saturated heterocycles. The largest absolute Gasteiger partial charge is 0.489 e. The third kappa shape index (κ3) is 8.91. The van der Waals surface area contributed by atoms with E-state index in [0.29, 0.717) is 16.7 Å². The van der Waals surface area contributed by atoms with Crippen molar-refractivity contribution < 1.29 is 4.74 Å². The molecule has 0 fully saturated rings. The van der Waals surface area contributed by atoms with E-state index in [1.54, 1.807) is 6.07 Å². The van der Waals surface area contributed by atoms with E-state index in [1.165, 1.54) is 0 Å². The number of nitrogens with zero attached hydrogens (tertiary/aromatic N) is 1. The van der Waals surface area contributed by atoms with Crippen molar-refractivity contribution in [1.82, 2.24) is 10.2 Å². The summed E-state index contributed by atoms with van der Waals surface area (Å²) in [6, 6.07) is 13.6. The molecule has 7 heteroatoms. The first-order chi connectivity index (χ1) is 12.1. The maximum absolute atomic E-state index is 6.21. The summed E-state index contributed by atoms with van der Waals surface area (Å²) in [4.78, 5) is 2.40. The molecule has 3 nitrogen and oxygen atoms in total. The van der Waals surface area contributed by atoms with E-state index in [9.17, 15) is 0 Å². The number of para-hydroxylation sites is 1. The van der Waals surface area contributed by atoms with E-state index < -0.39 is 0 Å². The van der Waals surface area contributed by atoms with Crippen molar-refractivity contribution in [2.75, 3.05) is 26.2 Å². The van der Waals surface area contributed by atoms with E-state index in [0.717, 1.165) is 49.6 Å². The molecule has 0 atom stereocenters. The highest BCUT2D eigenvalue weighted by Gasteiger charge is 2.06. The van der Waals surface area contributed by atoms with Crippen LogP contribution in [0.5, 0.6) is 5.75 Å². The monoisotopic (exact) mass is 452 g/mol. The highest BCUT2D eigenvalue weighted by molar-refractivity contribution is 6.35. The molecule has 0 aliphatic rings. The van der Waals surface area contributed by atoms with Crippen LogP contribution in [-0.4, -0.2) is 31.1 Å². The summed E-state index contributed by atoms with van der Waals surface area (Å²) < 4.78 is 5.99. The highest BCUT2D eigenvalue weighted by Crippen LogP contribution is 2.24. The molecule has 2 aromatic rings. The third-order valence-corrected chi connectivity index (χ3v) is 4.77. The number of halogens is 4. The first kappa shape index (κ1) is 26.3. The van der Waals surface area contributed by atoms with Crippen LogP contribution in [0, 0.1) is 0 Å². The molecule has 0 radical (unpaired) electrons. The molecule has 0 aliphatic heterocycles. The summed E-state index contributed by atoms with van der Waals surface area (Å²) in [6.45, 7) is 9.76. The lowest BCUT2D eigenvalue weighted by Crippen LogP contribution is -2.31. The molecule has 0 spiro atoms. The number of benzene rings is 2. The summed E-state index contributed by atoms with van der Waals surface area (Å²) in [7, 11) is 0. The van der Waals surface area contributed by atoms with Crippen LogP contribution in [0.3, 0.4) is 0 Å². The smallest absolute Gasteiger partial charge is 0.124 e. The van der Waals surface area contributed by atoms with Crippen molar-refractivity contribution in [1.29, 1.82) is 0 Å². The molecule has 0 amide bonds. The molecule has 0 aliphatic carbocycles. The van der Waals surface area contributed by atoms with Gasteiger partial charge < -0.3 is 15.0 Å². The minimum Gasteiger partial charge on any atom is -0.489 e. The molecule has 2 aromatic carbocycles. The zero-order chi connectivity index (χ0) is 18.1. The first-order valence-corrected chi connectivity index (χ1v) is 9.47. The lowest BCUT2D eigenvalue weighted by molar-refractivity contribution is 0.296. The van der Waals surface area contributed by atoms with E-state index in [1.807, 2.05) is 30.3 Å². The minimum atomic E-state index is 0. The summed E-state index contributed by atoms with van der Waals surface area (Å²) >= 11 is 12.2. The molecule has 0 bridgehead atoms. The van der Waals surface area contributed by atoms with Crippen molar-refractivity contribution in [2.45, 2.75) is 27.0 Å². The van der Waals surface area contributed by atoms with Gasteiger partial charge >= 0.3 is 0 Å². The van der Waals surface area contributed by atoms with Gasteiger partial charge in [0.05, 0.1) is 0 Å². The van der Waals surface area contributed by atoms with Gasteiger partial charge in [-0.2, -0.15) is 0 Å². The Labute approximate surface area is 185 Å². The molecule has 0 saturated carbocycles. The lowest BCUT2D eigenvalue weighted by atomic mass is 10.2. The quantitative estimate of drug-likeness (QED) is 0.456. The molecule has 2 rings (SSSR count). The molecule has 0 aromatic heterocycles. The predicted molar refractivity (Wildman–Crippen MR) is 121 cm³/mol. The van der Waals surface area contributed by atoms with Crippen molar-refractivity contribution >= 4 is 48.0 Å². The number of nitrogens with one attached hydrogen (secondary N) is 1. The van der Waals surface area contributed by atoms with E-state index in [2.05, 4.69) is 30.1 Å². The average molecular weight is 454 g/mol. The first-order valence-electron chi connectivity index (χ1n) is 8.71. The van der Waals surface area contributed by atoms with Gasteiger partial charge in [-0.15, -0.1) is 24.8 Å². The zero-order valence-corrected chi connectivity index (χ0v) is 18.9. The number of ether oxygens (including phenoxy) is 1. The Morgan fingerprint density at radius 2 is 1.67 bits per heavy atom. The SMILES string of the molecule is CCN(CC)CCNCc1ccccc1OCc1ccc(Cl)cc1Cl.Cl.Cl. The van der Waals surface area contributed by atoms with Gasteiger partial charge in [0, 0.05) is 40.8 Å². The van der Waals surface area contributed by atoms with Gasteiger partial charge in [0.15, 0.2) is 0 Å². The van der Waals surface area contributed by atoms with Crippen LogP contribution in [0.1, 0.15) is 25.0 Å². The van der Waals surface area contributed by atoms with Gasteiger partial charge in [-0.1, -0.05) is 61.3 Å².